The number of aryl methyl sites for hydroxylation is 2. The molecule has 2 nitrogen and oxygen atoms in total. The first-order valence-electron chi connectivity index (χ1n) is 6.81. The molecule has 0 saturated carbocycles. The van der Waals surface area contributed by atoms with Gasteiger partial charge >= 0.3 is 0 Å². The summed E-state index contributed by atoms with van der Waals surface area (Å²) in [6.07, 6.45) is 4.52. The first kappa shape index (κ1) is 13.0. The molecule has 1 N–H and O–H groups in total. The van der Waals surface area contributed by atoms with Crippen LogP contribution in [0.1, 0.15) is 35.7 Å². The minimum atomic E-state index is -0.559. The van der Waals surface area contributed by atoms with Crippen LogP contribution in [0.3, 0.4) is 0 Å². The minimum absolute atomic E-state index is 0.0477. The van der Waals surface area contributed by atoms with Gasteiger partial charge in [-0.15, -0.1) is 0 Å². The average Bonchev–Trinajstić information content (AvgIpc) is 2.48. The van der Waals surface area contributed by atoms with Crippen molar-refractivity contribution >= 4 is 5.69 Å². The van der Waals surface area contributed by atoms with Crippen LogP contribution >= 0.6 is 0 Å². The van der Waals surface area contributed by atoms with E-state index in [2.05, 4.69) is 10.3 Å². The number of nitrogens with zero attached hydrogens (tertiary/aromatic N) is 1. The van der Waals surface area contributed by atoms with Gasteiger partial charge in [0.2, 0.25) is 0 Å². The van der Waals surface area contributed by atoms with Crippen LogP contribution in [0.5, 0.6) is 0 Å². The zero-order chi connectivity index (χ0) is 14.1. The number of halogens is 2. The van der Waals surface area contributed by atoms with E-state index in [1.807, 2.05) is 12.1 Å². The van der Waals surface area contributed by atoms with Crippen molar-refractivity contribution < 1.29 is 8.78 Å². The molecule has 0 bridgehead atoms. The summed E-state index contributed by atoms with van der Waals surface area (Å²) >= 11 is 0. The van der Waals surface area contributed by atoms with E-state index in [9.17, 15) is 8.78 Å². The van der Waals surface area contributed by atoms with E-state index in [1.165, 1.54) is 12.1 Å². The van der Waals surface area contributed by atoms with Crippen LogP contribution in [0, 0.1) is 18.6 Å². The van der Waals surface area contributed by atoms with E-state index < -0.39 is 11.6 Å². The van der Waals surface area contributed by atoms with Gasteiger partial charge in [0, 0.05) is 6.20 Å². The summed E-state index contributed by atoms with van der Waals surface area (Å²) in [5.74, 6) is -1.08. The molecule has 1 aliphatic rings. The summed E-state index contributed by atoms with van der Waals surface area (Å²) in [5, 5.41) is 3.00. The molecule has 0 saturated heterocycles. The fraction of sp³-hybridized carbons (Fsp3) is 0.312. The number of fused-ring (bicyclic) bond motifs is 1. The largest absolute Gasteiger partial charge is 0.372 e. The van der Waals surface area contributed by atoms with Crippen LogP contribution in [0.4, 0.5) is 14.5 Å². The van der Waals surface area contributed by atoms with Crippen molar-refractivity contribution in [2.75, 3.05) is 5.32 Å². The van der Waals surface area contributed by atoms with Crippen molar-refractivity contribution in [2.45, 2.75) is 32.2 Å². The fourth-order valence-corrected chi connectivity index (χ4v) is 2.71. The van der Waals surface area contributed by atoms with Gasteiger partial charge in [-0.05, 0) is 49.4 Å². The Hall–Kier alpha value is -1.97. The van der Waals surface area contributed by atoms with E-state index in [-0.39, 0.29) is 11.7 Å². The number of anilines is 1. The Kier molecular flexibility index (Phi) is 3.38. The molecule has 1 aromatic heterocycles. The Balaban J connectivity index is 1.96. The van der Waals surface area contributed by atoms with Crippen LogP contribution in [-0.4, -0.2) is 4.98 Å². The summed E-state index contributed by atoms with van der Waals surface area (Å²) in [6.45, 7) is 1.63. The predicted molar refractivity (Wildman–Crippen MR) is 74.6 cm³/mol. The van der Waals surface area contributed by atoms with E-state index in [1.54, 1.807) is 13.1 Å². The summed E-state index contributed by atoms with van der Waals surface area (Å²) in [7, 11) is 0. The van der Waals surface area contributed by atoms with Crippen LogP contribution in [0.2, 0.25) is 0 Å². The molecule has 0 radical (unpaired) electrons. The SMILES string of the molecule is Cc1ccc(F)c(NC2CCCc3cccnc32)c1F. The van der Waals surface area contributed by atoms with Crippen molar-refractivity contribution in [3.63, 3.8) is 0 Å². The van der Waals surface area contributed by atoms with Gasteiger partial charge in [-0.3, -0.25) is 4.98 Å². The maximum Gasteiger partial charge on any atom is 0.152 e. The number of rotatable bonds is 2. The Morgan fingerprint density at radius 1 is 1.25 bits per heavy atom. The zero-order valence-electron chi connectivity index (χ0n) is 11.3. The smallest absolute Gasteiger partial charge is 0.152 e. The lowest BCUT2D eigenvalue weighted by Crippen LogP contribution is -2.20. The Morgan fingerprint density at radius 3 is 2.95 bits per heavy atom. The second-order valence-electron chi connectivity index (χ2n) is 5.19. The van der Waals surface area contributed by atoms with Crippen LogP contribution in [0.15, 0.2) is 30.5 Å². The highest BCUT2D eigenvalue weighted by Gasteiger charge is 2.23. The highest BCUT2D eigenvalue weighted by Crippen LogP contribution is 2.33. The van der Waals surface area contributed by atoms with Gasteiger partial charge < -0.3 is 5.32 Å². The molecule has 2 aromatic rings. The third kappa shape index (κ3) is 2.26. The second kappa shape index (κ2) is 5.19. The Labute approximate surface area is 116 Å². The van der Waals surface area contributed by atoms with Crippen LogP contribution < -0.4 is 5.32 Å². The molecule has 4 heteroatoms. The summed E-state index contributed by atoms with van der Waals surface area (Å²) < 4.78 is 27.9. The van der Waals surface area contributed by atoms with Gasteiger partial charge in [0.1, 0.15) is 11.5 Å². The van der Waals surface area contributed by atoms with Crippen molar-refractivity contribution in [3.05, 3.63) is 58.9 Å². The molecule has 1 heterocycles. The van der Waals surface area contributed by atoms with Gasteiger partial charge in [0.25, 0.3) is 0 Å². The first-order valence-corrected chi connectivity index (χ1v) is 6.81. The molecule has 1 aromatic carbocycles. The first-order chi connectivity index (χ1) is 9.66. The zero-order valence-corrected chi connectivity index (χ0v) is 11.3. The van der Waals surface area contributed by atoms with Crippen molar-refractivity contribution in [3.8, 4) is 0 Å². The summed E-state index contributed by atoms with van der Waals surface area (Å²) in [5.41, 5.74) is 2.45. The van der Waals surface area contributed by atoms with Crippen molar-refractivity contribution in [2.24, 2.45) is 0 Å². The monoisotopic (exact) mass is 274 g/mol. The quantitative estimate of drug-likeness (QED) is 0.889. The molecule has 3 rings (SSSR count). The molecule has 1 atom stereocenters. The molecule has 1 unspecified atom stereocenters. The lowest BCUT2D eigenvalue weighted by atomic mass is 9.91. The van der Waals surface area contributed by atoms with Crippen molar-refractivity contribution in [1.29, 1.82) is 0 Å². The maximum absolute atomic E-state index is 14.1. The highest BCUT2D eigenvalue weighted by atomic mass is 19.1. The summed E-state index contributed by atoms with van der Waals surface area (Å²) in [4.78, 5) is 4.37. The molecule has 1 aliphatic carbocycles. The van der Waals surface area contributed by atoms with Crippen LogP contribution in [-0.2, 0) is 6.42 Å². The Bertz CT molecular complexity index is 640. The molecule has 0 fully saturated rings. The van der Waals surface area contributed by atoms with E-state index in [0.717, 1.165) is 30.5 Å². The van der Waals surface area contributed by atoms with Gasteiger partial charge in [-0.1, -0.05) is 12.1 Å². The topological polar surface area (TPSA) is 24.9 Å². The van der Waals surface area contributed by atoms with Gasteiger partial charge in [0.05, 0.1) is 11.7 Å². The Morgan fingerprint density at radius 2 is 2.10 bits per heavy atom. The maximum atomic E-state index is 14.1. The number of pyridine rings is 1. The molecular formula is C16H16F2N2. The average molecular weight is 274 g/mol. The number of hydrogen-bond acceptors (Lipinski definition) is 2. The third-order valence-corrected chi connectivity index (χ3v) is 3.80. The lowest BCUT2D eigenvalue weighted by molar-refractivity contribution is 0.551. The summed E-state index contributed by atoms with van der Waals surface area (Å²) in [6, 6.07) is 6.53. The highest BCUT2D eigenvalue weighted by molar-refractivity contribution is 5.51. The number of benzene rings is 1. The van der Waals surface area contributed by atoms with E-state index in [0.29, 0.717) is 5.56 Å². The standard InChI is InChI=1S/C16H16F2N2/c1-10-7-8-12(17)16(14(10)18)20-13-6-2-4-11-5-3-9-19-15(11)13/h3,5,7-9,13,20H,2,4,6H2,1H3. The van der Waals surface area contributed by atoms with E-state index >= 15 is 0 Å². The normalized spacial score (nSPS) is 17.6. The lowest BCUT2D eigenvalue weighted by Gasteiger charge is -2.26. The van der Waals surface area contributed by atoms with Gasteiger partial charge in [-0.25, -0.2) is 8.78 Å². The number of hydrogen-bond donors (Lipinski definition) is 1. The van der Waals surface area contributed by atoms with E-state index in [4.69, 9.17) is 0 Å². The molecule has 0 spiro atoms. The second-order valence-corrected chi connectivity index (χ2v) is 5.19. The predicted octanol–water partition coefficient (Wildman–Crippen LogP) is 4.16. The molecular weight excluding hydrogens is 258 g/mol. The van der Waals surface area contributed by atoms with Gasteiger partial charge in [-0.2, -0.15) is 0 Å². The van der Waals surface area contributed by atoms with Crippen molar-refractivity contribution in [1.82, 2.24) is 4.98 Å². The number of aromatic nitrogens is 1. The number of nitrogens with one attached hydrogen (secondary N) is 1. The van der Waals surface area contributed by atoms with Crippen LogP contribution in [0.25, 0.3) is 0 Å². The molecule has 0 amide bonds. The van der Waals surface area contributed by atoms with Gasteiger partial charge in [0.15, 0.2) is 5.82 Å². The fourth-order valence-electron chi connectivity index (χ4n) is 2.71. The third-order valence-electron chi connectivity index (χ3n) is 3.80. The molecule has 0 aliphatic heterocycles. The molecule has 20 heavy (non-hydrogen) atoms. The minimum Gasteiger partial charge on any atom is -0.372 e. The molecule has 104 valence electrons.